The quantitative estimate of drug-likeness (QED) is 0.489. The summed E-state index contributed by atoms with van der Waals surface area (Å²) in [6.45, 7) is 3.06. The van der Waals surface area contributed by atoms with Crippen LogP contribution in [0.5, 0.6) is 0 Å². The van der Waals surface area contributed by atoms with Crippen LogP contribution in [0, 0.1) is 6.92 Å². The minimum atomic E-state index is -0.635. The number of carbonyl (C=O) groups is 2. The molecule has 0 aliphatic carbocycles. The molecule has 0 saturated carbocycles. The number of benzene rings is 1. The molecule has 1 aromatic carbocycles. The van der Waals surface area contributed by atoms with Crippen LogP contribution >= 0.6 is 0 Å². The summed E-state index contributed by atoms with van der Waals surface area (Å²) < 4.78 is 7.94. The molecule has 1 N–H and O–H groups in total. The van der Waals surface area contributed by atoms with Crippen molar-refractivity contribution in [3.63, 3.8) is 0 Å². The first kappa shape index (κ1) is 19.0. The van der Waals surface area contributed by atoms with Crippen LogP contribution < -0.4 is 10.9 Å². The van der Waals surface area contributed by atoms with Crippen molar-refractivity contribution in [2.45, 2.75) is 13.8 Å². The average molecular weight is 355 g/mol. The lowest BCUT2D eigenvalue weighted by Crippen LogP contribution is -2.25. The maximum atomic E-state index is 12.7. The lowest BCUT2D eigenvalue weighted by molar-refractivity contribution is -0.142. The second kappa shape index (κ2) is 8.66. The molecular weight excluding hydrogens is 334 g/mol. The van der Waals surface area contributed by atoms with E-state index in [-0.39, 0.29) is 11.2 Å². The second-order valence-electron chi connectivity index (χ2n) is 5.48. The molecule has 26 heavy (non-hydrogen) atoms. The first-order chi connectivity index (χ1) is 12.5. The molecule has 0 bridgehead atoms. The Morgan fingerprint density at radius 3 is 2.54 bits per heavy atom. The van der Waals surface area contributed by atoms with Gasteiger partial charge in [0.25, 0.3) is 11.5 Å². The molecule has 7 heteroatoms. The van der Waals surface area contributed by atoms with Gasteiger partial charge in [-0.05, 0) is 26.0 Å². The molecule has 2 rings (SSSR count). The standard InChI is InChI=1S/C19H21N3O4/c1-4-5-7-12-17(24)26-13-16(23)20-18-14(2)21(3)22(19(18)25)15-10-8-6-9-11-15/h4-12H,13H2,1-3H3,(H,20,23). The van der Waals surface area contributed by atoms with Crippen LogP contribution in [0.3, 0.4) is 0 Å². The van der Waals surface area contributed by atoms with Crippen molar-refractivity contribution >= 4 is 17.6 Å². The number of hydrogen-bond acceptors (Lipinski definition) is 4. The first-order valence-corrected chi connectivity index (χ1v) is 8.05. The lowest BCUT2D eigenvalue weighted by Gasteiger charge is -2.07. The first-order valence-electron chi connectivity index (χ1n) is 8.05. The van der Waals surface area contributed by atoms with Gasteiger partial charge in [-0.15, -0.1) is 0 Å². The van der Waals surface area contributed by atoms with E-state index in [4.69, 9.17) is 4.74 Å². The van der Waals surface area contributed by atoms with Gasteiger partial charge in [-0.1, -0.05) is 36.4 Å². The summed E-state index contributed by atoms with van der Waals surface area (Å²) >= 11 is 0. The number of carbonyl (C=O) groups excluding carboxylic acids is 2. The van der Waals surface area contributed by atoms with Crippen LogP contribution in [0.2, 0.25) is 0 Å². The minimum absolute atomic E-state index is 0.155. The SMILES string of the molecule is CC=CC=CC(=O)OCC(=O)Nc1c(C)n(C)n(-c2ccccc2)c1=O. The zero-order chi connectivity index (χ0) is 19.1. The second-order valence-corrected chi connectivity index (χ2v) is 5.48. The van der Waals surface area contributed by atoms with Gasteiger partial charge >= 0.3 is 5.97 Å². The van der Waals surface area contributed by atoms with E-state index in [1.54, 1.807) is 42.9 Å². The molecule has 0 fully saturated rings. The summed E-state index contributed by atoms with van der Waals surface area (Å²) in [7, 11) is 1.73. The Morgan fingerprint density at radius 1 is 1.19 bits per heavy atom. The molecule has 0 atom stereocenters. The van der Waals surface area contributed by atoms with Crippen molar-refractivity contribution in [1.29, 1.82) is 0 Å². The van der Waals surface area contributed by atoms with Gasteiger partial charge in [0.15, 0.2) is 6.61 Å². The van der Waals surface area contributed by atoms with Gasteiger partial charge in [-0.25, -0.2) is 9.48 Å². The zero-order valence-corrected chi connectivity index (χ0v) is 14.9. The van der Waals surface area contributed by atoms with Crippen molar-refractivity contribution in [1.82, 2.24) is 9.36 Å². The zero-order valence-electron chi connectivity index (χ0n) is 14.9. The van der Waals surface area contributed by atoms with E-state index in [0.29, 0.717) is 11.4 Å². The van der Waals surface area contributed by atoms with Gasteiger partial charge in [0.1, 0.15) is 5.69 Å². The highest BCUT2D eigenvalue weighted by molar-refractivity contribution is 5.94. The third kappa shape index (κ3) is 4.38. The Kier molecular flexibility index (Phi) is 6.32. The van der Waals surface area contributed by atoms with Crippen LogP contribution in [0.1, 0.15) is 12.6 Å². The Bertz CT molecular complexity index is 905. The molecular formula is C19H21N3O4. The van der Waals surface area contributed by atoms with E-state index in [1.165, 1.54) is 16.8 Å². The summed E-state index contributed by atoms with van der Waals surface area (Å²) in [5, 5.41) is 2.52. The maximum Gasteiger partial charge on any atom is 0.331 e. The Balaban J connectivity index is 2.12. The average Bonchev–Trinajstić information content (AvgIpc) is 2.84. The number of hydrogen-bond donors (Lipinski definition) is 1. The predicted octanol–water partition coefficient (Wildman–Crippen LogP) is 2.10. The van der Waals surface area contributed by atoms with E-state index in [0.717, 1.165) is 0 Å². The van der Waals surface area contributed by atoms with Gasteiger partial charge in [-0.2, -0.15) is 0 Å². The van der Waals surface area contributed by atoms with E-state index in [9.17, 15) is 14.4 Å². The number of allylic oxidation sites excluding steroid dienone is 3. The Hall–Kier alpha value is -3.35. The summed E-state index contributed by atoms with van der Waals surface area (Å²) in [6.07, 6.45) is 6.15. The monoisotopic (exact) mass is 355 g/mol. The van der Waals surface area contributed by atoms with Crippen molar-refractivity contribution < 1.29 is 14.3 Å². The number of anilines is 1. The van der Waals surface area contributed by atoms with E-state index < -0.39 is 18.5 Å². The maximum absolute atomic E-state index is 12.7. The molecule has 7 nitrogen and oxygen atoms in total. The Labute approximate surface area is 151 Å². The van der Waals surface area contributed by atoms with Crippen LogP contribution in [0.15, 0.2) is 59.4 Å². The highest BCUT2D eigenvalue weighted by Crippen LogP contribution is 2.13. The van der Waals surface area contributed by atoms with Crippen LogP contribution in [0.4, 0.5) is 5.69 Å². The van der Waals surface area contributed by atoms with Crippen molar-refractivity contribution in [2.24, 2.45) is 7.05 Å². The molecule has 0 saturated heterocycles. The number of nitrogens with one attached hydrogen (secondary N) is 1. The molecule has 0 radical (unpaired) electrons. The van der Waals surface area contributed by atoms with Gasteiger partial charge in [0, 0.05) is 13.1 Å². The van der Waals surface area contributed by atoms with E-state index >= 15 is 0 Å². The van der Waals surface area contributed by atoms with Gasteiger partial charge in [0.05, 0.1) is 11.4 Å². The Morgan fingerprint density at radius 2 is 1.88 bits per heavy atom. The van der Waals surface area contributed by atoms with Crippen LogP contribution in [-0.2, 0) is 21.4 Å². The fourth-order valence-corrected chi connectivity index (χ4v) is 2.32. The number of aromatic nitrogens is 2. The summed E-state index contributed by atoms with van der Waals surface area (Å²) in [4.78, 5) is 36.1. The number of esters is 1. The molecule has 136 valence electrons. The molecule has 0 spiro atoms. The highest BCUT2D eigenvalue weighted by Gasteiger charge is 2.18. The van der Waals surface area contributed by atoms with Gasteiger partial charge in [0.2, 0.25) is 0 Å². The molecule has 2 aromatic rings. The summed E-state index contributed by atoms with van der Waals surface area (Å²) in [5.41, 5.74) is 1.07. The van der Waals surface area contributed by atoms with Crippen LogP contribution in [-0.4, -0.2) is 27.8 Å². The summed E-state index contributed by atoms with van der Waals surface area (Å²) in [6, 6.07) is 9.09. The third-order valence-corrected chi connectivity index (χ3v) is 3.70. The van der Waals surface area contributed by atoms with Crippen LogP contribution in [0.25, 0.3) is 5.69 Å². The van der Waals surface area contributed by atoms with E-state index in [1.807, 2.05) is 25.1 Å². The van der Waals surface area contributed by atoms with Crippen molar-refractivity contribution in [3.8, 4) is 5.69 Å². The highest BCUT2D eigenvalue weighted by atomic mass is 16.5. The molecule has 1 heterocycles. The van der Waals surface area contributed by atoms with Gasteiger partial charge in [-0.3, -0.25) is 14.3 Å². The minimum Gasteiger partial charge on any atom is -0.452 e. The normalized spacial score (nSPS) is 11.2. The lowest BCUT2D eigenvalue weighted by atomic mass is 10.3. The van der Waals surface area contributed by atoms with Gasteiger partial charge < -0.3 is 10.1 Å². The molecule has 1 aromatic heterocycles. The fourth-order valence-electron chi connectivity index (χ4n) is 2.32. The summed E-state index contributed by atoms with van der Waals surface area (Å²) in [5.74, 6) is -1.21. The number of para-hydroxylation sites is 1. The third-order valence-electron chi connectivity index (χ3n) is 3.70. The number of rotatable bonds is 6. The molecule has 0 unspecified atom stereocenters. The topological polar surface area (TPSA) is 82.3 Å². The predicted molar refractivity (Wildman–Crippen MR) is 99.3 cm³/mol. The van der Waals surface area contributed by atoms with Crippen molar-refractivity contribution in [2.75, 3.05) is 11.9 Å². The molecule has 1 amide bonds. The number of ether oxygens (including phenoxy) is 1. The number of amides is 1. The molecule has 0 aliphatic rings. The van der Waals surface area contributed by atoms with Crippen molar-refractivity contribution in [3.05, 3.63) is 70.7 Å². The smallest absolute Gasteiger partial charge is 0.331 e. The fraction of sp³-hybridized carbons (Fsp3) is 0.211. The molecule has 0 aliphatic heterocycles. The number of nitrogens with zero attached hydrogens (tertiary/aromatic N) is 2. The van der Waals surface area contributed by atoms with E-state index in [2.05, 4.69) is 5.32 Å². The largest absolute Gasteiger partial charge is 0.452 e.